The summed E-state index contributed by atoms with van der Waals surface area (Å²) in [5.74, 6) is -0.625. The number of aliphatic hydroxyl groups excluding tert-OH is 1. The molecule has 0 aromatic heterocycles. The Morgan fingerprint density at radius 3 is 2.53 bits per heavy atom. The first kappa shape index (κ1) is 22.4. The van der Waals surface area contributed by atoms with Crippen molar-refractivity contribution in [1.82, 2.24) is 4.90 Å². The first-order chi connectivity index (χ1) is 16.4. The molecule has 2 aliphatic rings. The Balaban J connectivity index is 1.57. The summed E-state index contributed by atoms with van der Waals surface area (Å²) < 4.78 is 6.66. The Morgan fingerprint density at radius 2 is 1.79 bits per heavy atom. The SMILES string of the molecule is C[C@@H]1Cc2cc(/C(O)=C3\C(=O)C(=O)N(CCc4ccccc4)[C@@H]3c3ccc(Br)cc3)ccc2O1. The van der Waals surface area contributed by atoms with Crippen LogP contribution in [-0.2, 0) is 22.4 Å². The zero-order chi connectivity index (χ0) is 23.8. The van der Waals surface area contributed by atoms with Gasteiger partial charge in [-0.25, -0.2) is 0 Å². The summed E-state index contributed by atoms with van der Waals surface area (Å²) in [5.41, 5.74) is 3.46. The molecule has 5 rings (SSSR count). The molecule has 0 aliphatic carbocycles. The monoisotopic (exact) mass is 517 g/mol. The minimum Gasteiger partial charge on any atom is -0.507 e. The van der Waals surface area contributed by atoms with Gasteiger partial charge in [0, 0.05) is 23.0 Å². The molecule has 2 atom stereocenters. The van der Waals surface area contributed by atoms with Crippen molar-refractivity contribution in [2.45, 2.75) is 31.9 Å². The topological polar surface area (TPSA) is 66.8 Å². The fourth-order valence-electron chi connectivity index (χ4n) is 4.72. The van der Waals surface area contributed by atoms with Crippen molar-refractivity contribution in [3.63, 3.8) is 0 Å². The zero-order valence-electron chi connectivity index (χ0n) is 18.7. The minimum absolute atomic E-state index is 0.0683. The third-order valence-corrected chi connectivity index (χ3v) is 6.91. The summed E-state index contributed by atoms with van der Waals surface area (Å²) in [5, 5.41) is 11.3. The van der Waals surface area contributed by atoms with Crippen molar-refractivity contribution < 1.29 is 19.4 Å². The standard InChI is InChI=1S/C28H24BrNO4/c1-17-15-21-16-20(9-12-23(21)34-17)26(31)24-25(19-7-10-22(29)11-8-19)30(28(33)27(24)32)14-13-18-5-3-2-4-6-18/h2-12,16-17,25,31H,13-15H2,1H3/b26-24+/t17-,25-/m1/s1. The highest BCUT2D eigenvalue weighted by atomic mass is 79.9. The predicted molar refractivity (Wildman–Crippen MR) is 134 cm³/mol. The van der Waals surface area contributed by atoms with Gasteiger partial charge in [0.25, 0.3) is 11.7 Å². The van der Waals surface area contributed by atoms with Gasteiger partial charge in [0.1, 0.15) is 17.6 Å². The minimum atomic E-state index is -0.666. The quantitative estimate of drug-likeness (QED) is 0.278. The molecule has 2 heterocycles. The van der Waals surface area contributed by atoms with E-state index in [1.165, 1.54) is 0 Å². The summed E-state index contributed by atoms with van der Waals surface area (Å²) in [6, 6.07) is 22.1. The molecule has 0 radical (unpaired) electrons. The number of carbonyl (C=O) groups excluding carboxylic acids is 2. The first-order valence-electron chi connectivity index (χ1n) is 11.3. The molecular formula is C28H24BrNO4. The maximum atomic E-state index is 13.2. The molecule has 0 saturated carbocycles. The molecule has 1 amide bonds. The number of halogens is 1. The van der Waals surface area contributed by atoms with E-state index in [1.807, 2.05) is 73.7 Å². The number of aliphatic hydroxyl groups is 1. The van der Waals surface area contributed by atoms with Crippen molar-refractivity contribution in [2.75, 3.05) is 6.54 Å². The first-order valence-corrected chi connectivity index (χ1v) is 12.1. The van der Waals surface area contributed by atoms with Crippen LogP contribution < -0.4 is 4.74 Å². The van der Waals surface area contributed by atoms with Gasteiger partial charge in [0.2, 0.25) is 0 Å². The lowest BCUT2D eigenvalue weighted by Gasteiger charge is -2.25. The molecule has 1 fully saturated rings. The number of rotatable bonds is 5. The Morgan fingerprint density at radius 1 is 1.06 bits per heavy atom. The van der Waals surface area contributed by atoms with E-state index in [0.29, 0.717) is 18.5 Å². The molecule has 1 N–H and O–H groups in total. The number of likely N-dealkylation sites (tertiary alicyclic amines) is 1. The van der Waals surface area contributed by atoms with Gasteiger partial charge in [-0.05, 0) is 60.4 Å². The zero-order valence-corrected chi connectivity index (χ0v) is 20.3. The van der Waals surface area contributed by atoms with Crippen molar-refractivity contribution in [1.29, 1.82) is 0 Å². The second-order valence-corrected chi connectivity index (χ2v) is 9.65. The van der Waals surface area contributed by atoms with E-state index in [4.69, 9.17) is 4.74 Å². The molecule has 34 heavy (non-hydrogen) atoms. The number of benzene rings is 3. The van der Waals surface area contributed by atoms with E-state index in [-0.39, 0.29) is 17.4 Å². The largest absolute Gasteiger partial charge is 0.507 e. The molecule has 3 aromatic carbocycles. The Bertz CT molecular complexity index is 1280. The van der Waals surface area contributed by atoms with Crippen molar-refractivity contribution >= 4 is 33.4 Å². The number of nitrogens with zero attached hydrogens (tertiary/aromatic N) is 1. The van der Waals surface area contributed by atoms with Gasteiger partial charge < -0.3 is 14.7 Å². The van der Waals surface area contributed by atoms with Crippen molar-refractivity contribution in [2.24, 2.45) is 0 Å². The summed E-state index contributed by atoms with van der Waals surface area (Å²) in [6.45, 7) is 2.35. The normalized spacial score (nSPS) is 20.9. The molecule has 0 unspecified atom stereocenters. The van der Waals surface area contributed by atoms with Gasteiger partial charge in [0.05, 0.1) is 11.6 Å². The highest BCUT2D eigenvalue weighted by Gasteiger charge is 2.45. The predicted octanol–water partition coefficient (Wildman–Crippen LogP) is 5.44. The lowest BCUT2D eigenvalue weighted by molar-refractivity contribution is -0.139. The van der Waals surface area contributed by atoms with Gasteiger partial charge in [0.15, 0.2) is 0 Å². The lowest BCUT2D eigenvalue weighted by atomic mass is 9.94. The van der Waals surface area contributed by atoms with Crippen molar-refractivity contribution in [3.8, 4) is 5.75 Å². The number of fused-ring (bicyclic) bond motifs is 1. The third kappa shape index (κ3) is 4.14. The summed E-state index contributed by atoms with van der Waals surface area (Å²) >= 11 is 3.45. The highest BCUT2D eigenvalue weighted by Crippen LogP contribution is 2.41. The smallest absolute Gasteiger partial charge is 0.295 e. The van der Waals surface area contributed by atoms with E-state index in [9.17, 15) is 14.7 Å². The number of amides is 1. The Kier molecular flexibility index (Phi) is 6.00. The van der Waals surface area contributed by atoms with Gasteiger partial charge in [-0.2, -0.15) is 0 Å². The number of carbonyl (C=O) groups is 2. The van der Waals surface area contributed by atoms with E-state index < -0.39 is 17.7 Å². The molecular weight excluding hydrogens is 494 g/mol. The van der Waals surface area contributed by atoms with E-state index in [1.54, 1.807) is 11.0 Å². The maximum Gasteiger partial charge on any atom is 0.295 e. The van der Waals surface area contributed by atoms with Crippen LogP contribution in [0.1, 0.15) is 35.2 Å². The molecule has 0 bridgehead atoms. The number of ketones is 1. The fraction of sp³-hybridized carbons (Fsp3) is 0.214. The van der Waals surface area contributed by atoms with Crippen LogP contribution in [0, 0.1) is 0 Å². The van der Waals surface area contributed by atoms with Crippen LogP contribution in [0.25, 0.3) is 5.76 Å². The van der Waals surface area contributed by atoms with Crippen LogP contribution in [0.15, 0.2) is 82.8 Å². The molecule has 0 spiro atoms. The van der Waals surface area contributed by atoms with E-state index >= 15 is 0 Å². The molecule has 1 saturated heterocycles. The van der Waals surface area contributed by atoms with Crippen LogP contribution >= 0.6 is 15.9 Å². The number of ether oxygens (including phenoxy) is 1. The third-order valence-electron chi connectivity index (χ3n) is 6.38. The summed E-state index contributed by atoms with van der Waals surface area (Å²) in [6.07, 6.45) is 1.41. The fourth-order valence-corrected chi connectivity index (χ4v) is 4.99. The number of hydrogen-bond donors (Lipinski definition) is 1. The van der Waals surface area contributed by atoms with Gasteiger partial charge in [-0.15, -0.1) is 0 Å². The van der Waals surface area contributed by atoms with Crippen LogP contribution in [0.2, 0.25) is 0 Å². The average molecular weight is 518 g/mol. The second kappa shape index (κ2) is 9.11. The number of Topliss-reactive ketones (excluding diaryl/α,β-unsaturated/α-hetero) is 1. The molecule has 6 heteroatoms. The molecule has 3 aromatic rings. The summed E-state index contributed by atoms with van der Waals surface area (Å²) in [7, 11) is 0. The highest BCUT2D eigenvalue weighted by molar-refractivity contribution is 9.10. The van der Waals surface area contributed by atoms with Crippen LogP contribution in [0.5, 0.6) is 5.75 Å². The molecule has 5 nitrogen and oxygen atoms in total. The Hall–Kier alpha value is -3.38. The van der Waals surface area contributed by atoms with Crippen molar-refractivity contribution in [3.05, 3.63) is 105 Å². The number of hydrogen-bond acceptors (Lipinski definition) is 4. The van der Waals surface area contributed by atoms with Crippen LogP contribution in [0.4, 0.5) is 0 Å². The van der Waals surface area contributed by atoms with Gasteiger partial charge in [-0.3, -0.25) is 9.59 Å². The average Bonchev–Trinajstić information content (AvgIpc) is 3.34. The van der Waals surface area contributed by atoms with Crippen LogP contribution in [0.3, 0.4) is 0 Å². The van der Waals surface area contributed by atoms with Crippen LogP contribution in [-0.4, -0.2) is 34.3 Å². The second-order valence-electron chi connectivity index (χ2n) is 8.73. The van der Waals surface area contributed by atoms with Gasteiger partial charge in [-0.1, -0.05) is 58.4 Å². The van der Waals surface area contributed by atoms with Gasteiger partial charge >= 0.3 is 0 Å². The molecule has 172 valence electrons. The lowest BCUT2D eigenvalue weighted by Crippen LogP contribution is -2.31. The Labute approximate surface area is 206 Å². The van der Waals surface area contributed by atoms with E-state index in [2.05, 4.69) is 15.9 Å². The van der Waals surface area contributed by atoms with E-state index in [0.717, 1.165) is 33.3 Å². The molecule has 2 aliphatic heterocycles. The maximum absolute atomic E-state index is 13.2. The summed E-state index contributed by atoms with van der Waals surface area (Å²) in [4.78, 5) is 28.0.